The molecular formula is C20H22N2O4. The topological polar surface area (TPSA) is 78.9 Å². The fourth-order valence-corrected chi connectivity index (χ4v) is 2.91. The van der Waals surface area contributed by atoms with Crippen molar-refractivity contribution in [2.45, 2.75) is 19.2 Å². The molecule has 26 heavy (non-hydrogen) atoms. The molecule has 0 aliphatic carbocycles. The van der Waals surface area contributed by atoms with Crippen molar-refractivity contribution < 1.29 is 19.4 Å². The number of carboxylic acid groups (broad SMARTS) is 1. The monoisotopic (exact) mass is 354 g/mol. The number of benzene rings is 2. The Morgan fingerprint density at radius 3 is 2.50 bits per heavy atom. The quantitative estimate of drug-likeness (QED) is 0.828. The molecule has 136 valence electrons. The number of amides is 1. The van der Waals surface area contributed by atoms with E-state index in [2.05, 4.69) is 22.3 Å². The van der Waals surface area contributed by atoms with Crippen LogP contribution in [0.15, 0.2) is 54.6 Å². The number of carbonyl (C=O) groups is 2. The Morgan fingerprint density at radius 1 is 1.08 bits per heavy atom. The van der Waals surface area contributed by atoms with Crippen molar-refractivity contribution in [2.75, 3.05) is 19.7 Å². The number of rotatable bonds is 6. The maximum absolute atomic E-state index is 12.4. The fraction of sp³-hybridized carbons (Fsp3) is 0.300. The molecule has 1 fully saturated rings. The largest absolute Gasteiger partial charge is 0.478 e. The van der Waals surface area contributed by atoms with Gasteiger partial charge in [-0.2, -0.15) is 0 Å². The predicted octanol–water partition coefficient (Wildman–Crippen LogP) is 1.90. The predicted molar refractivity (Wildman–Crippen MR) is 96.7 cm³/mol. The molecule has 0 radical (unpaired) electrons. The highest BCUT2D eigenvalue weighted by Gasteiger charge is 2.26. The van der Waals surface area contributed by atoms with Crippen LogP contribution in [0.5, 0.6) is 0 Å². The van der Waals surface area contributed by atoms with Gasteiger partial charge in [-0.3, -0.25) is 9.69 Å². The van der Waals surface area contributed by atoms with E-state index in [1.54, 1.807) is 12.1 Å². The molecule has 6 nitrogen and oxygen atoms in total. The van der Waals surface area contributed by atoms with E-state index in [1.807, 2.05) is 18.2 Å². The molecule has 0 bridgehead atoms. The summed E-state index contributed by atoms with van der Waals surface area (Å²) in [6.07, 6.45) is -0.495. The minimum absolute atomic E-state index is 0.148. The molecule has 1 aliphatic rings. The summed E-state index contributed by atoms with van der Waals surface area (Å²) in [7, 11) is 0. The highest BCUT2D eigenvalue weighted by Crippen LogP contribution is 2.11. The van der Waals surface area contributed by atoms with Gasteiger partial charge in [-0.1, -0.05) is 42.5 Å². The zero-order valence-electron chi connectivity index (χ0n) is 14.4. The Bertz CT molecular complexity index is 746. The number of hydrogen-bond donors (Lipinski definition) is 2. The van der Waals surface area contributed by atoms with E-state index in [1.165, 1.54) is 17.7 Å². The molecular weight excluding hydrogens is 332 g/mol. The van der Waals surface area contributed by atoms with Crippen molar-refractivity contribution in [2.24, 2.45) is 0 Å². The molecule has 0 saturated carbocycles. The molecule has 1 heterocycles. The lowest BCUT2D eigenvalue weighted by atomic mass is 10.1. The average Bonchev–Trinajstić information content (AvgIpc) is 2.67. The number of carbonyl (C=O) groups excluding carboxylic acids is 1. The molecule has 2 aromatic carbocycles. The lowest BCUT2D eigenvalue weighted by molar-refractivity contribution is -0.139. The lowest BCUT2D eigenvalue weighted by Crippen LogP contribution is -2.49. The first kappa shape index (κ1) is 18.1. The van der Waals surface area contributed by atoms with Crippen molar-refractivity contribution in [1.82, 2.24) is 10.2 Å². The zero-order chi connectivity index (χ0) is 18.4. The number of nitrogens with zero attached hydrogens (tertiary/aromatic N) is 1. The maximum Gasteiger partial charge on any atom is 0.335 e. The van der Waals surface area contributed by atoms with E-state index in [-0.39, 0.29) is 11.5 Å². The minimum atomic E-state index is -0.963. The number of hydrogen-bond acceptors (Lipinski definition) is 4. The molecule has 1 unspecified atom stereocenters. The first-order chi connectivity index (χ1) is 12.6. The van der Waals surface area contributed by atoms with Gasteiger partial charge in [-0.05, 0) is 23.3 Å². The average molecular weight is 354 g/mol. The normalized spacial score (nSPS) is 17.6. The zero-order valence-corrected chi connectivity index (χ0v) is 14.4. The van der Waals surface area contributed by atoms with E-state index < -0.39 is 12.1 Å². The van der Waals surface area contributed by atoms with Crippen molar-refractivity contribution in [3.8, 4) is 0 Å². The standard InChI is InChI=1S/C20H22N2O4/c23-19(21-12-15-6-8-17(9-7-15)20(24)25)18-14-22(10-11-26-18)13-16-4-2-1-3-5-16/h1-9,18H,10-14H2,(H,21,23)(H,24,25). The SMILES string of the molecule is O=C(O)c1ccc(CNC(=O)C2CN(Cc3ccccc3)CCO2)cc1. The Labute approximate surface area is 152 Å². The van der Waals surface area contributed by atoms with Gasteiger partial charge in [0.25, 0.3) is 5.91 Å². The smallest absolute Gasteiger partial charge is 0.335 e. The first-order valence-electron chi connectivity index (χ1n) is 8.59. The van der Waals surface area contributed by atoms with Crippen LogP contribution in [0.1, 0.15) is 21.5 Å². The van der Waals surface area contributed by atoms with Crippen LogP contribution in [-0.2, 0) is 22.6 Å². The summed E-state index contributed by atoms with van der Waals surface area (Å²) in [6, 6.07) is 16.6. The summed E-state index contributed by atoms with van der Waals surface area (Å²) in [5, 5.41) is 11.8. The number of nitrogens with one attached hydrogen (secondary N) is 1. The molecule has 1 saturated heterocycles. The molecule has 0 aromatic heterocycles. The van der Waals surface area contributed by atoms with Gasteiger partial charge >= 0.3 is 5.97 Å². The van der Waals surface area contributed by atoms with Crippen LogP contribution in [0, 0.1) is 0 Å². The molecule has 2 aromatic rings. The van der Waals surface area contributed by atoms with E-state index in [9.17, 15) is 9.59 Å². The fourth-order valence-electron chi connectivity index (χ4n) is 2.91. The number of carboxylic acids is 1. The highest BCUT2D eigenvalue weighted by molar-refractivity contribution is 5.87. The molecule has 3 rings (SSSR count). The van der Waals surface area contributed by atoms with Gasteiger partial charge in [0.2, 0.25) is 0 Å². The Hall–Kier alpha value is -2.70. The maximum atomic E-state index is 12.4. The Morgan fingerprint density at radius 2 is 1.81 bits per heavy atom. The second kappa shape index (κ2) is 8.60. The van der Waals surface area contributed by atoms with E-state index in [0.29, 0.717) is 19.7 Å². The van der Waals surface area contributed by atoms with Gasteiger partial charge in [-0.15, -0.1) is 0 Å². The van der Waals surface area contributed by atoms with Gasteiger partial charge in [0, 0.05) is 26.2 Å². The summed E-state index contributed by atoms with van der Waals surface area (Å²) in [4.78, 5) is 25.5. The minimum Gasteiger partial charge on any atom is -0.478 e. The summed E-state index contributed by atoms with van der Waals surface area (Å²) in [5.41, 5.74) is 2.29. The van der Waals surface area contributed by atoms with Crippen LogP contribution in [0.2, 0.25) is 0 Å². The summed E-state index contributed by atoms with van der Waals surface area (Å²) >= 11 is 0. The van der Waals surface area contributed by atoms with E-state index in [0.717, 1.165) is 18.7 Å². The van der Waals surface area contributed by atoms with Crippen molar-refractivity contribution >= 4 is 11.9 Å². The van der Waals surface area contributed by atoms with Crippen LogP contribution in [0.25, 0.3) is 0 Å². The number of aromatic carboxylic acids is 1. The van der Waals surface area contributed by atoms with Crippen LogP contribution in [0.3, 0.4) is 0 Å². The van der Waals surface area contributed by atoms with Crippen molar-refractivity contribution in [1.29, 1.82) is 0 Å². The van der Waals surface area contributed by atoms with Crippen molar-refractivity contribution in [3.05, 3.63) is 71.3 Å². The van der Waals surface area contributed by atoms with Crippen molar-refractivity contribution in [3.63, 3.8) is 0 Å². The lowest BCUT2D eigenvalue weighted by Gasteiger charge is -2.32. The van der Waals surface area contributed by atoms with E-state index >= 15 is 0 Å². The molecule has 6 heteroatoms. The van der Waals surface area contributed by atoms with Gasteiger partial charge in [0.15, 0.2) is 0 Å². The molecule has 2 N–H and O–H groups in total. The Balaban J connectivity index is 1.50. The third kappa shape index (κ3) is 4.91. The Kier molecular flexibility index (Phi) is 5.99. The van der Waals surface area contributed by atoms with Crippen LogP contribution in [0.4, 0.5) is 0 Å². The third-order valence-electron chi connectivity index (χ3n) is 4.36. The highest BCUT2D eigenvalue weighted by atomic mass is 16.5. The van der Waals surface area contributed by atoms with Gasteiger partial charge < -0.3 is 15.2 Å². The van der Waals surface area contributed by atoms with Gasteiger partial charge in [0.1, 0.15) is 6.10 Å². The molecule has 1 atom stereocenters. The van der Waals surface area contributed by atoms with Crippen LogP contribution in [-0.4, -0.2) is 47.7 Å². The molecule has 0 spiro atoms. The second-order valence-corrected chi connectivity index (χ2v) is 6.30. The van der Waals surface area contributed by atoms with E-state index in [4.69, 9.17) is 9.84 Å². The number of ether oxygens (including phenoxy) is 1. The van der Waals surface area contributed by atoms with Gasteiger partial charge in [-0.25, -0.2) is 4.79 Å². The summed E-state index contributed by atoms with van der Waals surface area (Å²) in [6.45, 7) is 3.02. The summed E-state index contributed by atoms with van der Waals surface area (Å²) in [5.74, 6) is -1.11. The molecule has 1 amide bonds. The molecule has 1 aliphatic heterocycles. The summed E-state index contributed by atoms with van der Waals surface area (Å²) < 4.78 is 5.62. The first-order valence-corrected chi connectivity index (χ1v) is 8.59. The van der Waals surface area contributed by atoms with Gasteiger partial charge in [0.05, 0.1) is 12.2 Å². The van der Waals surface area contributed by atoms with Crippen LogP contribution >= 0.6 is 0 Å². The second-order valence-electron chi connectivity index (χ2n) is 6.30. The third-order valence-corrected chi connectivity index (χ3v) is 4.36. The number of morpholine rings is 1. The van der Waals surface area contributed by atoms with Crippen LogP contribution < -0.4 is 5.32 Å².